The highest BCUT2D eigenvalue weighted by atomic mass is 16.5. The standard InChI is InChI=1S/C31H48O4/c1-26(2)13-15-31(25(34)35-8)16-14-30(7)24(19(31)18-26)20(32)17-22-28(5)11-10-23(33)27(3,4)21(28)9-12-29(22,30)6/h17,19,21,23-24,33H,9-16,18H2,1-8H3/t19-,21-,23+,24-,28+,29+,30-,31-/m0/s1. The maximum absolute atomic E-state index is 14.3. The van der Waals surface area contributed by atoms with Gasteiger partial charge in [-0.25, -0.2) is 0 Å². The molecule has 0 aliphatic heterocycles. The first-order valence-electron chi connectivity index (χ1n) is 14.1. The highest BCUT2D eigenvalue weighted by Gasteiger charge is 2.71. The van der Waals surface area contributed by atoms with Crippen molar-refractivity contribution in [1.29, 1.82) is 0 Å². The largest absolute Gasteiger partial charge is 0.469 e. The van der Waals surface area contributed by atoms with Crippen LogP contribution in [0.2, 0.25) is 0 Å². The Kier molecular flexibility index (Phi) is 5.43. The van der Waals surface area contributed by atoms with Crippen LogP contribution in [0.4, 0.5) is 0 Å². The molecule has 0 radical (unpaired) electrons. The Bertz CT molecular complexity index is 976. The van der Waals surface area contributed by atoms with Gasteiger partial charge in [0.25, 0.3) is 0 Å². The lowest BCUT2D eigenvalue weighted by Gasteiger charge is -2.70. The number of hydrogen-bond donors (Lipinski definition) is 1. The van der Waals surface area contributed by atoms with Crippen LogP contribution in [0.1, 0.15) is 106 Å². The molecule has 4 nitrogen and oxygen atoms in total. The molecule has 4 fully saturated rings. The molecule has 5 aliphatic carbocycles. The molecular weight excluding hydrogens is 436 g/mol. The Labute approximate surface area is 212 Å². The number of ether oxygens (including phenoxy) is 1. The van der Waals surface area contributed by atoms with Crippen molar-refractivity contribution in [2.24, 2.45) is 50.2 Å². The summed E-state index contributed by atoms with van der Waals surface area (Å²) in [6.45, 7) is 16.3. The lowest BCUT2D eigenvalue weighted by atomic mass is 9.34. The summed E-state index contributed by atoms with van der Waals surface area (Å²) < 4.78 is 5.43. The van der Waals surface area contributed by atoms with Gasteiger partial charge in [0, 0.05) is 5.92 Å². The molecule has 0 amide bonds. The lowest BCUT2D eigenvalue weighted by Crippen LogP contribution is -2.66. The Balaban J connectivity index is 1.65. The van der Waals surface area contributed by atoms with Crippen molar-refractivity contribution in [2.45, 2.75) is 112 Å². The van der Waals surface area contributed by atoms with Gasteiger partial charge in [-0.3, -0.25) is 9.59 Å². The van der Waals surface area contributed by atoms with Gasteiger partial charge >= 0.3 is 5.97 Å². The zero-order valence-electron chi connectivity index (χ0n) is 23.4. The van der Waals surface area contributed by atoms with Crippen LogP contribution in [0.3, 0.4) is 0 Å². The fraction of sp³-hybridized carbons (Fsp3) is 0.871. The van der Waals surface area contributed by atoms with Crippen molar-refractivity contribution in [3.05, 3.63) is 11.6 Å². The van der Waals surface area contributed by atoms with Gasteiger partial charge in [-0.05, 0) is 103 Å². The van der Waals surface area contributed by atoms with E-state index < -0.39 is 5.41 Å². The first-order chi connectivity index (χ1) is 16.1. The monoisotopic (exact) mass is 484 g/mol. The molecule has 1 N–H and O–H groups in total. The lowest BCUT2D eigenvalue weighted by molar-refractivity contribution is -0.195. The molecule has 5 rings (SSSR count). The predicted molar refractivity (Wildman–Crippen MR) is 137 cm³/mol. The van der Waals surface area contributed by atoms with Gasteiger partial charge in [0.05, 0.1) is 18.6 Å². The molecule has 8 atom stereocenters. The molecule has 0 aromatic rings. The van der Waals surface area contributed by atoms with Gasteiger partial charge in [-0.1, -0.05) is 54.0 Å². The maximum atomic E-state index is 14.3. The summed E-state index contributed by atoms with van der Waals surface area (Å²) in [4.78, 5) is 27.7. The molecule has 0 bridgehead atoms. The third-order valence-corrected chi connectivity index (χ3v) is 13.0. The number of fused-ring (bicyclic) bond motifs is 7. The molecule has 196 valence electrons. The van der Waals surface area contributed by atoms with Gasteiger partial charge in [-0.15, -0.1) is 0 Å². The van der Waals surface area contributed by atoms with Crippen LogP contribution in [0.25, 0.3) is 0 Å². The highest BCUT2D eigenvalue weighted by Crippen LogP contribution is 2.75. The first kappa shape index (κ1) is 25.5. The fourth-order valence-corrected chi connectivity index (χ4v) is 10.6. The summed E-state index contributed by atoms with van der Waals surface area (Å²) in [5.41, 5.74) is 0.489. The molecule has 0 heterocycles. The molecule has 0 aromatic carbocycles. The van der Waals surface area contributed by atoms with Crippen LogP contribution in [0, 0.1) is 50.2 Å². The van der Waals surface area contributed by atoms with Crippen molar-refractivity contribution in [3.8, 4) is 0 Å². The topological polar surface area (TPSA) is 63.6 Å². The third-order valence-electron chi connectivity index (χ3n) is 13.0. The van der Waals surface area contributed by atoms with Crippen LogP contribution in [-0.2, 0) is 14.3 Å². The number of carbonyl (C=O) groups excluding carboxylic acids is 2. The second-order valence-electron chi connectivity index (χ2n) is 15.2. The number of methoxy groups -OCH3 is 1. The SMILES string of the molecule is COC(=O)[C@]12CCC(C)(C)C[C@H]1[C@H]1C(=O)C=C3[C@]4(C)CC[C@@H](O)C(C)(C)[C@@H]4CC[C@@]3(C)[C@@]1(C)CC2. The summed E-state index contributed by atoms with van der Waals surface area (Å²) in [5, 5.41) is 10.9. The normalized spacial score (nSPS) is 50.1. The molecule has 4 heteroatoms. The molecule has 0 aromatic heterocycles. The van der Waals surface area contributed by atoms with Crippen LogP contribution in [0.5, 0.6) is 0 Å². The minimum atomic E-state index is -0.524. The van der Waals surface area contributed by atoms with Gasteiger partial charge in [-0.2, -0.15) is 0 Å². The second kappa shape index (κ2) is 7.45. The van der Waals surface area contributed by atoms with E-state index >= 15 is 0 Å². The molecular formula is C31H48O4. The van der Waals surface area contributed by atoms with Crippen LogP contribution in [-0.4, -0.2) is 30.1 Å². The number of esters is 1. The van der Waals surface area contributed by atoms with E-state index in [4.69, 9.17) is 4.74 Å². The average Bonchev–Trinajstić information content (AvgIpc) is 2.77. The summed E-state index contributed by atoms with van der Waals surface area (Å²) in [6.07, 6.45) is 10.1. The minimum Gasteiger partial charge on any atom is -0.469 e. The van der Waals surface area contributed by atoms with E-state index in [1.54, 1.807) is 0 Å². The smallest absolute Gasteiger partial charge is 0.312 e. The quantitative estimate of drug-likeness (QED) is 0.431. The highest BCUT2D eigenvalue weighted by molar-refractivity contribution is 5.96. The summed E-state index contributed by atoms with van der Waals surface area (Å²) in [6, 6.07) is 0. The van der Waals surface area contributed by atoms with E-state index in [1.807, 2.05) is 0 Å². The Hall–Kier alpha value is -1.16. The van der Waals surface area contributed by atoms with Crippen LogP contribution >= 0.6 is 0 Å². The molecule has 35 heavy (non-hydrogen) atoms. The maximum Gasteiger partial charge on any atom is 0.312 e. The fourth-order valence-electron chi connectivity index (χ4n) is 10.6. The molecule has 0 saturated heterocycles. The second-order valence-corrected chi connectivity index (χ2v) is 15.2. The van der Waals surface area contributed by atoms with Crippen LogP contribution < -0.4 is 0 Å². The molecule has 0 unspecified atom stereocenters. The van der Waals surface area contributed by atoms with E-state index in [9.17, 15) is 14.7 Å². The van der Waals surface area contributed by atoms with Gasteiger partial charge in [0.15, 0.2) is 5.78 Å². The third kappa shape index (κ3) is 3.07. The van der Waals surface area contributed by atoms with Crippen molar-refractivity contribution in [3.63, 3.8) is 0 Å². The number of carbonyl (C=O) groups is 2. The zero-order valence-corrected chi connectivity index (χ0v) is 23.4. The van der Waals surface area contributed by atoms with Crippen LogP contribution in [0.15, 0.2) is 11.6 Å². The molecule has 4 saturated carbocycles. The number of ketones is 1. The number of hydrogen-bond acceptors (Lipinski definition) is 4. The predicted octanol–water partition coefficient (Wildman–Crippen LogP) is 6.50. The van der Waals surface area contributed by atoms with Crippen molar-refractivity contribution in [2.75, 3.05) is 7.11 Å². The number of aliphatic hydroxyl groups excluding tert-OH is 1. The number of aliphatic hydroxyl groups is 1. The van der Waals surface area contributed by atoms with Gasteiger partial charge in [0.2, 0.25) is 0 Å². The van der Waals surface area contributed by atoms with E-state index in [2.05, 4.69) is 54.5 Å². The van der Waals surface area contributed by atoms with E-state index in [0.717, 1.165) is 57.8 Å². The molecule has 0 spiro atoms. The Morgan fingerprint density at radius 2 is 1.60 bits per heavy atom. The van der Waals surface area contributed by atoms with Gasteiger partial charge < -0.3 is 9.84 Å². The van der Waals surface area contributed by atoms with Gasteiger partial charge in [0.1, 0.15) is 0 Å². The Morgan fingerprint density at radius 3 is 2.26 bits per heavy atom. The van der Waals surface area contributed by atoms with Crippen molar-refractivity contribution >= 4 is 11.8 Å². The van der Waals surface area contributed by atoms with E-state index in [1.165, 1.54) is 12.7 Å². The van der Waals surface area contributed by atoms with E-state index in [-0.39, 0.29) is 56.8 Å². The van der Waals surface area contributed by atoms with Crippen molar-refractivity contribution < 1.29 is 19.4 Å². The summed E-state index contributed by atoms with van der Waals surface area (Å²) in [7, 11) is 1.52. The van der Waals surface area contributed by atoms with E-state index in [0.29, 0.717) is 5.92 Å². The Morgan fingerprint density at radius 1 is 0.943 bits per heavy atom. The summed E-state index contributed by atoms with van der Waals surface area (Å²) in [5.74, 6) is 0.436. The summed E-state index contributed by atoms with van der Waals surface area (Å²) >= 11 is 0. The number of rotatable bonds is 1. The number of allylic oxidation sites excluding steroid dienone is 2. The first-order valence-corrected chi connectivity index (χ1v) is 14.1. The zero-order chi connectivity index (χ0) is 25.8. The minimum absolute atomic E-state index is 0.0368. The average molecular weight is 485 g/mol. The van der Waals surface area contributed by atoms with Crippen molar-refractivity contribution in [1.82, 2.24) is 0 Å². The molecule has 5 aliphatic rings.